The molecule has 0 radical (unpaired) electrons. The molecule has 176 valence electrons. The molecule has 2 aromatic carbocycles. The normalized spacial score (nSPS) is 22.5. The lowest BCUT2D eigenvalue weighted by Gasteiger charge is -2.46. The third-order valence-corrected chi connectivity index (χ3v) is 8.33. The largest absolute Gasteiger partial charge is 0.305 e. The number of rotatable bonds is 7. The van der Waals surface area contributed by atoms with Gasteiger partial charge in [-0.25, -0.2) is 12.8 Å². The highest BCUT2D eigenvalue weighted by molar-refractivity contribution is 7.90. The number of benzene rings is 2. The van der Waals surface area contributed by atoms with E-state index in [1.54, 1.807) is 18.2 Å². The van der Waals surface area contributed by atoms with Gasteiger partial charge in [0.15, 0.2) is 15.6 Å². The highest BCUT2D eigenvalue weighted by Crippen LogP contribution is 2.38. The zero-order valence-corrected chi connectivity index (χ0v) is 19.8. The average Bonchev–Trinajstić information content (AvgIpc) is 2.84. The van der Waals surface area contributed by atoms with Gasteiger partial charge in [0, 0.05) is 12.7 Å². The van der Waals surface area contributed by atoms with Crippen molar-refractivity contribution in [2.24, 2.45) is 11.8 Å². The molecule has 2 bridgehead atoms. The number of sulfone groups is 1. The standard InChI is InChI=1S/C26H26FN3O3S/c1-34(32,33)24-13-20(3-5-22(24)15-29)19-2-4-21(23(27)12-19)10-18(14-28)11-25(31)26-8-6-17(7-9-26)16-30-26/h2-5,12-13,17-18,30H,6-11,16H2,1H3/t17?,18-,26?/m1/s1. The number of nitrogens with zero attached hydrogens (tertiary/aromatic N) is 2. The van der Waals surface area contributed by atoms with Gasteiger partial charge >= 0.3 is 0 Å². The summed E-state index contributed by atoms with van der Waals surface area (Å²) in [4.78, 5) is 12.9. The molecule has 3 aliphatic rings. The van der Waals surface area contributed by atoms with Gasteiger partial charge in [-0.3, -0.25) is 4.79 Å². The lowest BCUT2D eigenvalue weighted by atomic mass is 9.68. The number of piperidine rings is 2. The minimum Gasteiger partial charge on any atom is -0.305 e. The molecule has 5 rings (SSSR count). The van der Waals surface area contributed by atoms with Gasteiger partial charge in [-0.15, -0.1) is 0 Å². The maximum atomic E-state index is 15.0. The Kier molecular flexibility index (Phi) is 6.58. The molecule has 2 saturated heterocycles. The molecule has 0 aromatic heterocycles. The summed E-state index contributed by atoms with van der Waals surface area (Å²) in [5.74, 6) is -0.473. The third-order valence-electron chi connectivity index (χ3n) is 7.19. The van der Waals surface area contributed by atoms with Crippen LogP contribution in [-0.2, 0) is 21.1 Å². The van der Waals surface area contributed by atoms with Gasteiger partial charge in [0.05, 0.1) is 28.0 Å². The highest BCUT2D eigenvalue weighted by Gasteiger charge is 2.45. The van der Waals surface area contributed by atoms with Crippen molar-refractivity contribution in [2.75, 3.05) is 12.8 Å². The smallest absolute Gasteiger partial charge is 0.176 e. The van der Waals surface area contributed by atoms with Crippen molar-refractivity contribution < 1.29 is 17.6 Å². The summed E-state index contributed by atoms with van der Waals surface area (Å²) in [6.45, 7) is 0.843. The molecule has 3 fully saturated rings. The number of carbonyl (C=O) groups excluding carboxylic acids is 1. The molecule has 1 N–H and O–H groups in total. The molecule has 2 aromatic rings. The van der Waals surface area contributed by atoms with Gasteiger partial charge in [0.25, 0.3) is 0 Å². The summed E-state index contributed by atoms with van der Waals surface area (Å²) in [5.41, 5.74) is 0.763. The topological polar surface area (TPSA) is 111 Å². The first-order valence-corrected chi connectivity index (χ1v) is 13.3. The molecule has 8 heteroatoms. The van der Waals surface area contributed by atoms with Crippen LogP contribution in [0.4, 0.5) is 4.39 Å². The number of ketones is 1. The molecule has 6 nitrogen and oxygen atoms in total. The van der Waals surface area contributed by atoms with Crippen molar-refractivity contribution in [1.29, 1.82) is 10.5 Å². The Morgan fingerprint density at radius 1 is 1.18 bits per heavy atom. The molecule has 0 amide bonds. The van der Waals surface area contributed by atoms with E-state index in [1.807, 2.05) is 6.07 Å². The number of fused-ring (bicyclic) bond motifs is 3. The highest BCUT2D eigenvalue weighted by atomic mass is 32.2. The second kappa shape index (κ2) is 9.29. The summed E-state index contributed by atoms with van der Waals surface area (Å²) in [6.07, 6.45) is 4.89. The van der Waals surface area contributed by atoms with Gasteiger partial charge in [0.2, 0.25) is 0 Å². The summed E-state index contributed by atoms with van der Waals surface area (Å²) in [6, 6.07) is 12.9. The number of nitrogens with one attached hydrogen (secondary N) is 1. The van der Waals surface area contributed by atoms with Crippen molar-refractivity contribution in [1.82, 2.24) is 5.32 Å². The molecule has 2 aliphatic heterocycles. The Labute approximate surface area is 199 Å². The third kappa shape index (κ3) is 4.75. The second-order valence-electron chi connectivity index (χ2n) is 9.46. The Morgan fingerprint density at radius 2 is 1.85 bits per heavy atom. The summed E-state index contributed by atoms with van der Waals surface area (Å²) < 4.78 is 39.0. The first kappa shape index (κ1) is 24.1. The maximum absolute atomic E-state index is 15.0. The minimum absolute atomic E-state index is 0.0327. The van der Waals surface area contributed by atoms with Gasteiger partial charge in [-0.1, -0.05) is 18.2 Å². The van der Waals surface area contributed by atoms with E-state index in [0.717, 1.165) is 38.5 Å². The zero-order chi connectivity index (χ0) is 24.5. The van der Waals surface area contributed by atoms with E-state index in [-0.39, 0.29) is 29.1 Å². The SMILES string of the molecule is CS(=O)(=O)c1cc(-c2ccc(C[C@@H](C#N)CC(=O)C34CCC(CC3)CN4)c(F)c2)ccc1C#N. The molecule has 2 heterocycles. The van der Waals surface area contributed by atoms with Crippen LogP contribution >= 0.6 is 0 Å². The number of nitriles is 2. The number of halogens is 1. The van der Waals surface area contributed by atoms with E-state index < -0.39 is 27.1 Å². The molecular weight excluding hydrogens is 453 g/mol. The van der Waals surface area contributed by atoms with Crippen molar-refractivity contribution >= 4 is 15.6 Å². The zero-order valence-electron chi connectivity index (χ0n) is 19.0. The molecule has 1 aliphatic carbocycles. The Bertz CT molecular complexity index is 1300. The maximum Gasteiger partial charge on any atom is 0.176 e. The van der Waals surface area contributed by atoms with Gasteiger partial charge in [0.1, 0.15) is 11.9 Å². The van der Waals surface area contributed by atoms with E-state index in [9.17, 15) is 28.1 Å². The van der Waals surface area contributed by atoms with Crippen LogP contribution in [0.2, 0.25) is 0 Å². The quantitative estimate of drug-likeness (QED) is 0.644. The van der Waals surface area contributed by atoms with Crippen LogP contribution in [-0.4, -0.2) is 32.5 Å². The van der Waals surface area contributed by atoms with Crippen LogP contribution in [0.5, 0.6) is 0 Å². The van der Waals surface area contributed by atoms with E-state index in [0.29, 0.717) is 22.6 Å². The molecule has 1 atom stereocenters. The predicted molar refractivity (Wildman–Crippen MR) is 125 cm³/mol. The summed E-state index contributed by atoms with van der Waals surface area (Å²) in [7, 11) is -3.63. The monoisotopic (exact) mass is 479 g/mol. The molecular formula is C26H26FN3O3S. The minimum atomic E-state index is -3.63. The molecule has 0 unspecified atom stereocenters. The predicted octanol–water partition coefficient (Wildman–Crippen LogP) is 3.94. The molecule has 1 saturated carbocycles. The van der Waals surface area contributed by atoms with Crippen molar-refractivity contribution in [2.45, 2.75) is 49.0 Å². The number of carbonyl (C=O) groups is 1. The number of hydrogen-bond donors (Lipinski definition) is 1. The Morgan fingerprint density at radius 3 is 2.41 bits per heavy atom. The van der Waals surface area contributed by atoms with Crippen LogP contribution in [0.25, 0.3) is 11.1 Å². The van der Waals surface area contributed by atoms with Gasteiger partial charge in [-0.05, 0) is 79.5 Å². The van der Waals surface area contributed by atoms with Crippen molar-refractivity contribution in [3.05, 3.63) is 53.3 Å². The Hall–Kier alpha value is -3.07. The fourth-order valence-electron chi connectivity index (χ4n) is 5.11. The second-order valence-corrected chi connectivity index (χ2v) is 11.4. The summed E-state index contributed by atoms with van der Waals surface area (Å²) >= 11 is 0. The van der Waals surface area contributed by atoms with Gasteiger partial charge < -0.3 is 5.32 Å². The van der Waals surface area contributed by atoms with Gasteiger partial charge in [-0.2, -0.15) is 10.5 Å². The van der Waals surface area contributed by atoms with Crippen LogP contribution in [0.1, 0.15) is 43.2 Å². The molecule has 34 heavy (non-hydrogen) atoms. The lowest BCUT2D eigenvalue weighted by Crippen LogP contribution is -2.60. The summed E-state index contributed by atoms with van der Waals surface area (Å²) in [5, 5.41) is 22.2. The average molecular weight is 480 g/mol. The van der Waals surface area contributed by atoms with Crippen molar-refractivity contribution in [3.63, 3.8) is 0 Å². The van der Waals surface area contributed by atoms with Crippen LogP contribution in [0, 0.1) is 40.3 Å². The van der Waals surface area contributed by atoms with Crippen LogP contribution < -0.4 is 5.32 Å². The fraction of sp³-hybridized carbons (Fsp3) is 0.423. The van der Waals surface area contributed by atoms with E-state index >= 15 is 0 Å². The Balaban J connectivity index is 1.52. The number of hydrogen-bond acceptors (Lipinski definition) is 6. The van der Waals surface area contributed by atoms with Crippen molar-refractivity contribution in [3.8, 4) is 23.3 Å². The first-order chi connectivity index (χ1) is 16.1. The van der Waals surface area contributed by atoms with Crippen LogP contribution in [0.15, 0.2) is 41.3 Å². The van der Waals surface area contributed by atoms with E-state index in [2.05, 4.69) is 11.4 Å². The van der Waals surface area contributed by atoms with Crippen LogP contribution in [0.3, 0.4) is 0 Å². The van der Waals surface area contributed by atoms with E-state index in [4.69, 9.17) is 0 Å². The first-order valence-electron chi connectivity index (χ1n) is 11.4. The van der Waals surface area contributed by atoms with E-state index in [1.165, 1.54) is 18.2 Å². The fourth-order valence-corrected chi connectivity index (χ4v) is 5.96. The molecule has 0 spiro atoms. The lowest BCUT2D eigenvalue weighted by molar-refractivity contribution is -0.129. The number of Topliss-reactive ketones (excluding diaryl/α,β-unsaturated/α-hetero) is 1.